The summed E-state index contributed by atoms with van der Waals surface area (Å²) in [5, 5.41) is 3.52. The fraction of sp³-hybridized carbons (Fsp3) is 0.500. The molecule has 5 nitrogen and oxygen atoms in total. The fourth-order valence-corrected chi connectivity index (χ4v) is 4.18. The second-order valence-electron chi connectivity index (χ2n) is 6.57. The maximum Gasteiger partial charge on any atom is 0.303 e. The Labute approximate surface area is 135 Å². The third-order valence-electron chi connectivity index (χ3n) is 5.19. The Balaban J connectivity index is 1.83. The summed E-state index contributed by atoms with van der Waals surface area (Å²) in [6, 6.07) is 2.04. The monoisotopic (exact) mass is 315 g/mol. The van der Waals surface area contributed by atoms with E-state index in [9.17, 15) is 4.79 Å². The molecule has 1 aliphatic carbocycles. The average Bonchev–Trinajstić information content (AvgIpc) is 2.86. The lowest BCUT2D eigenvalue weighted by Gasteiger charge is -2.40. The number of methoxy groups -OCH3 is 1. The van der Waals surface area contributed by atoms with Crippen LogP contribution in [0.4, 0.5) is 0 Å². The van der Waals surface area contributed by atoms with Gasteiger partial charge in [0, 0.05) is 32.0 Å². The van der Waals surface area contributed by atoms with Gasteiger partial charge in [0.05, 0.1) is 12.5 Å². The quantitative estimate of drug-likeness (QED) is 0.668. The topological polar surface area (TPSA) is 56.8 Å². The van der Waals surface area contributed by atoms with Crippen LogP contribution in [0.3, 0.4) is 0 Å². The number of ether oxygens (including phenoxy) is 3. The van der Waals surface area contributed by atoms with E-state index in [2.05, 4.69) is 18.3 Å². The predicted molar refractivity (Wildman–Crippen MR) is 84.8 cm³/mol. The molecule has 0 saturated heterocycles. The van der Waals surface area contributed by atoms with Gasteiger partial charge in [-0.1, -0.05) is 6.08 Å². The number of hydrogen-bond acceptors (Lipinski definition) is 5. The van der Waals surface area contributed by atoms with Crippen LogP contribution in [0.25, 0.3) is 0 Å². The molecule has 0 saturated carbocycles. The fourth-order valence-electron chi connectivity index (χ4n) is 4.18. The van der Waals surface area contributed by atoms with Crippen LogP contribution in [0, 0.1) is 6.92 Å². The summed E-state index contributed by atoms with van der Waals surface area (Å²) >= 11 is 0. The summed E-state index contributed by atoms with van der Waals surface area (Å²) in [5.41, 5.74) is 3.56. The Hall–Kier alpha value is -2.01. The minimum atomic E-state index is -0.262. The largest absolute Gasteiger partial charge is 0.493 e. The van der Waals surface area contributed by atoms with Crippen LogP contribution in [-0.2, 0) is 21.5 Å². The second kappa shape index (κ2) is 4.99. The molecule has 3 aliphatic rings. The van der Waals surface area contributed by atoms with Crippen molar-refractivity contribution in [2.45, 2.75) is 44.4 Å². The van der Waals surface area contributed by atoms with Gasteiger partial charge in [-0.2, -0.15) is 0 Å². The van der Waals surface area contributed by atoms with E-state index in [-0.39, 0.29) is 23.6 Å². The number of nitrogens with one attached hydrogen (secondary N) is 1. The summed E-state index contributed by atoms with van der Waals surface area (Å²) in [5.74, 6) is 1.38. The van der Waals surface area contributed by atoms with E-state index in [1.54, 1.807) is 7.11 Å². The van der Waals surface area contributed by atoms with Crippen molar-refractivity contribution in [2.75, 3.05) is 13.7 Å². The van der Waals surface area contributed by atoms with Crippen LogP contribution in [0.15, 0.2) is 18.2 Å². The molecule has 1 aromatic carbocycles. The van der Waals surface area contributed by atoms with Crippen LogP contribution in [-0.4, -0.2) is 31.8 Å². The van der Waals surface area contributed by atoms with Gasteiger partial charge in [-0.3, -0.25) is 4.79 Å². The Morgan fingerprint density at radius 3 is 3.04 bits per heavy atom. The third-order valence-corrected chi connectivity index (χ3v) is 5.19. The van der Waals surface area contributed by atoms with Crippen LogP contribution in [0.2, 0.25) is 0 Å². The zero-order valence-electron chi connectivity index (χ0n) is 13.6. The molecule has 2 heterocycles. The normalized spacial score (nSPS) is 30.2. The average molecular weight is 315 g/mol. The molecule has 0 bridgehead atoms. The molecular formula is C18H21NO4. The van der Waals surface area contributed by atoms with Gasteiger partial charge in [0.1, 0.15) is 12.2 Å². The maximum atomic E-state index is 11.3. The van der Waals surface area contributed by atoms with Gasteiger partial charge in [-0.05, 0) is 30.2 Å². The van der Waals surface area contributed by atoms with E-state index in [0.717, 1.165) is 24.6 Å². The Kier molecular flexibility index (Phi) is 3.17. The number of aryl methyl sites for hydroxylation is 1. The van der Waals surface area contributed by atoms with Crippen LogP contribution < -0.4 is 14.8 Å². The molecule has 2 aliphatic heterocycles. The minimum Gasteiger partial charge on any atom is -0.493 e. The molecule has 4 rings (SSSR count). The summed E-state index contributed by atoms with van der Waals surface area (Å²) in [6.07, 6.45) is 4.55. The zero-order valence-corrected chi connectivity index (χ0v) is 13.6. The summed E-state index contributed by atoms with van der Waals surface area (Å²) < 4.78 is 17.2. The van der Waals surface area contributed by atoms with E-state index in [1.807, 2.05) is 12.1 Å². The highest BCUT2D eigenvalue weighted by molar-refractivity contribution is 5.67. The van der Waals surface area contributed by atoms with Crippen LogP contribution in [0.5, 0.6) is 11.5 Å². The van der Waals surface area contributed by atoms with Crippen molar-refractivity contribution in [1.82, 2.24) is 5.32 Å². The van der Waals surface area contributed by atoms with Crippen molar-refractivity contribution in [1.29, 1.82) is 0 Å². The first-order valence-corrected chi connectivity index (χ1v) is 8.00. The second-order valence-corrected chi connectivity index (χ2v) is 6.57. The lowest BCUT2D eigenvalue weighted by Crippen LogP contribution is -2.51. The smallest absolute Gasteiger partial charge is 0.303 e. The highest BCUT2D eigenvalue weighted by Gasteiger charge is 2.53. The number of hydrogen-bond donors (Lipinski definition) is 1. The molecule has 0 amide bonds. The van der Waals surface area contributed by atoms with Gasteiger partial charge in [-0.25, -0.2) is 0 Å². The van der Waals surface area contributed by atoms with Crippen molar-refractivity contribution in [3.8, 4) is 11.5 Å². The van der Waals surface area contributed by atoms with Crippen molar-refractivity contribution >= 4 is 5.97 Å². The lowest BCUT2D eigenvalue weighted by molar-refractivity contribution is -0.145. The molecule has 3 atom stereocenters. The standard InChI is InChI=1S/C18H21NO4/c1-10-6-14(21-3)17-16-13(10)8-19-9-18(16)5-4-12(22-11(2)20)7-15(18)23-17/h4-6,12,15,19H,7-9H2,1-3H3/t12-,15?,18?/m1/s1. The summed E-state index contributed by atoms with van der Waals surface area (Å²) in [6.45, 7) is 5.22. The predicted octanol–water partition coefficient (Wildman–Crippen LogP) is 2.00. The van der Waals surface area contributed by atoms with Crippen LogP contribution in [0.1, 0.15) is 30.0 Å². The van der Waals surface area contributed by atoms with E-state index in [1.165, 1.54) is 23.6 Å². The zero-order chi connectivity index (χ0) is 16.2. The Morgan fingerprint density at radius 2 is 2.30 bits per heavy atom. The molecule has 2 unspecified atom stereocenters. The first kappa shape index (κ1) is 14.6. The van der Waals surface area contributed by atoms with Crippen molar-refractivity contribution in [3.05, 3.63) is 34.9 Å². The van der Waals surface area contributed by atoms with Gasteiger partial charge in [0.2, 0.25) is 0 Å². The highest BCUT2D eigenvalue weighted by Crippen LogP contribution is 2.54. The van der Waals surface area contributed by atoms with Gasteiger partial charge in [0.25, 0.3) is 0 Å². The first-order valence-electron chi connectivity index (χ1n) is 8.00. The molecule has 1 spiro atoms. The third kappa shape index (κ3) is 1.99. The molecule has 122 valence electrons. The Bertz CT molecular complexity index is 711. The molecule has 23 heavy (non-hydrogen) atoms. The lowest BCUT2D eigenvalue weighted by atomic mass is 9.68. The molecule has 5 heteroatoms. The van der Waals surface area contributed by atoms with E-state index >= 15 is 0 Å². The first-order chi connectivity index (χ1) is 11.0. The molecule has 0 fully saturated rings. The number of rotatable bonds is 2. The van der Waals surface area contributed by atoms with Crippen molar-refractivity contribution in [2.24, 2.45) is 0 Å². The number of carbonyl (C=O) groups is 1. The van der Waals surface area contributed by atoms with E-state index in [4.69, 9.17) is 14.2 Å². The van der Waals surface area contributed by atoms with E-state index < -0.39 is 0 Å². The van der Waals surface area contributed by atoms with E-state index in [0.29, 0.717) is 6.42 Å². The molecule has 1 aromatic rings. The Morgan fingerprint density at radius 1 is 1.48 bits per heavy atom. The minimum absolute atomic E-state index is 0.0471. The summed E-state index contributed by atoms with van der Waals surface area (Å²) in [4.78, 5) is 11.3. The molecule has 1 N–H and O–H groups in total. The number of benzene rings is 1. The summed E-state index contributed by atoms with van der Waals surface area (Å²) in [7, 11) is 1.67. The molecular weight excluding hydrogens is 294 g/mol. The highest BCUT2D eigenvalue weighted by atomic mass is 16.5. The molecule has 0 radical (unpaired) electrons. The van der Waals surface area contributed by atoms with Gasteiger partial charge >= 0.3 is 5.97 Å². The van der Waals surface area contributed by atoms with Gasteiger partial charge in [-0.15, -0.1) is 0 Å². The van der Waals surface area contributed by atoms with Crippen molar-refractivity contribution in [3.63, 3.8) is 0 Å². The SMILES string of the molecule is COc1cc(C)c2c3c1OC1C[C@H](OC(C)=O)C=CC31CNC2. The molecule has 0 aromatic heterocycles. The number of esters is 1. The van der Waals surface area contributed by atoms with Gasteiger partial charge < -0.3 is 19.5 Å². The van der Waals surface area contributed by atoms with Gasteiger partial charge in [0.15, 0.2) is 11.5 Å². The van der Waals surface area contributed by atoms with Crippen LogP contribution >= 0.6 is 0 Å². The maximum absolute atomic E-state index is 11.3. The van der Waals surface area contributed by atoms with Crippen molar-refractivity contribution < 1.29 is 19.0 Å². The number of carbonyl (C=O) groups excluding carboxylic acids is 1.